The molecule has 0 aliphatic carbocycles. The van der Waals surface area contributed by atoms with Gasteiger partial charge in [0.15, 0.2) is 0 Å². The Hall–Kier alpha value is -1.25. The van der Waals surface area contributed by atoms with Crippen LogP contribution in [0.1, 0.15) is 11.1 Å². The van der Waals surface area contributed by atoms with Gasteiger partial charge in [-0.3, -0.25) is 14.6 Å². The first-order chi connectivity index (χ1) is 11.1. The lowest BCUT2D eigenvalue weighted by Crippen LogP contribution is -2.07. The fourth-order valence-electron chi connectivity index (χ4n) is 1.68. The summed E-state index contributed by atoms with van der Waals surface area (Å²) in [6, 6.07) is 11.1. The molecule has 2 aromatic carbocycles. The summed E-state index contributed by atoms with van der Waals surface area (Å²) >= 11 is 0. The monoisotopic (exact) mass is 369 g/mol. The highest BCUT2D eigenvalue weighted by Gasteiger charge is 1.96. The highest BCUT2D eigenvalue weighted by atomic mass is 31.2. The molecule has 1 aliphatic heterocycles. The number of benzene rings is 2. The molecule has 1 saturated heterocycles. The van der Waals surface area contributed by atoms with Crippen molar-refractivity contribution in [2.24, 2.45) is 0 Å². The molecule has 0 bridgehead atoms. The fourth-order valence-corrected chi connectivity index (χ4v) is 4.87. The van der Waals surface area contributed by atoms with Crippen LogP contribution in [0.4, 0.5) is 0 Å². The third kappa shape index (κ3) is 7.24. The van der Waals surface area contributed by atoms with Gasteiger partial charge >= 0.3 is 0 Å². The summed E-state index contributed by atoms with van der Waals surface area (Å²) < 4.78 is 0. The Balaban J connectivity index is 0.000000268. The van der Waals surface area contributed by atoms with Crippen LogP contribution in [0, 0.1) is 0 Å². The van der Waals surface area contributed by atoms with Crippen LogP contribution in [0.25, 0.3) is 12.2 Å². The molecule has 3 rings (SSSR count). The van der Waals surface area contributed by atoms with Gasteiger partial charge in [0.2, 0.25) is 0 Å². The zero-order chi connectivity index (χ0) is 16.5. The molecule has 0 aromatic heterocycles. The largest absolute Gasteiger partial charge is 0.508 e. The molecular weight excluding hydrogens is 351 g/mol. The number of hydrogen-bond donors (Lipinski definition) is 6. The van der Waals surface area contributed by atoms with Gasteiger partial charge in [-0.1, -0.05) is 24.3 Å². The summed E-state index contributed by atoms with van der Waals surface area (Å²) in [7, 11) is 2.29. The minimum Gasteiger partial charge on any atom is -0.508 e. The number of aromatic hydroxyl groups is 3. The van der Waals surface area contributed by atoms with Crippen LogP contribution in [-0.2, 0) is 0 Å². The lowest BCUT2D eigenvalue weighted by molar-refractivity contribution is 0.450. The third-order valence-corrected chi connectivity index (χ3v) is 5.66. The lowest BCUT2D eigenvalue weighted by Gasteiger charge is -2.12. The molecule has 1 heterocycles. The van der Waals surface area contributed by atoms with Gasteiger partial charge in [0.05, 0.1) is 0 Å². The highest BCUT2D eigenvalue weighted by molar-refractivity contribution is 7.65. The van der Waals surface area contributed by atoms with Gasteiger partial charge in [0.25, 0.3) is 0 Å². The molecule has 2 aromatic rings. The van der Waals surface area contributed by atoms with Crippen molar-refractivity contribution >= 4 is 38.8 Å². The molecule has 23 heavy (non-hydrogen) atoms. The van der Waals surface area contributed by atoms with E-state index in [1.807, 2.05) is 6.08 Å². The normalized spacial score (nSPS) is 17.4. The van der Waals surface area contributed by atoms with E-state index in [4.69, 9.17) is 5.11 Å². The second-order valence-corrected chi connectivity index (χ2v) is 8.21. The first-order valence-electron chi connectivity index (χ1n) is 6.63. The molecule has 0 spiro atoms. The number of rotatable bonds is 2. The van der Waals surface area contributed by atoms with E-state index in [1.54, 1.807) is 42.5 Å². The summed E-state index contributed by atoms with van der Waals surface area (Å²) in [6.07, 6.45) is 3.60. The molecule has 0 amide bonds. The van der Waals surface area contributed by atoms with Crippen molar-refractivity contribution in [2.45, 2.75) is 0 Å². The summed E-state index contributed by atoms with van der Waals surface area (Å²) in [5.41, 5.74) is 1.63. The van der Waals surface area contributed by atoms with Crippen molar-refractivity contribution in [1.29, 1.82) is 0 Å². The van der Waals surface area contributed by atoms with Gasteiger partial charge in [0, 0.05) is 32.7 Å². The molecule has 1 aliphatic rings. The molecule has 0 unspecified atom stereocenters. The number of phenols is 3. The average Bonchev–Trinajstić information content (AvgIpc) is 2.56. The van der Waals surface area contributed by atoms with Crippen molar-refractivity contribution in [3.8, 4) is 17.2 Å². The predicted octanol–water partition coefficient (Wildman–Crippen LogP) is 3.27. The van der Waals surface area contributed by atoms with E-state index in [0.717, 1.165) is 32.2 Å². The standard InChI is InChI=1S/C14H12O3.H6N3P3/c15-12-5-3-10(4-6-12)1-2-11-7-13(16)9-14(17)8-11;1-4-2-6-3-5-1/h1-9,15-17H;1-6H. The molecule has 0 atom stereocenters. The molecule has 9 heteroatoms. The summed E-state index contributed by atoms with van der Waals surface area (Å²) in [6.45, 7) is 0. The van der Waals surface area contributed by atoms with E-state index in [1.165, 1.54) is 6.07 Å². The van der Waals surface area contributed by atoms with Gasteiger partial charge in [-0.15, -0.1) is 0 Å². The third-order valence-electron chi connectivity index (χ3n) is 2.66. The Labute approximate surface area is 140 Å². The summed E-state index contributed by atoms with van der Waals surface area (Å²) in [4.78, 5) is 9.38. The fraction of sp³-hybridized carbons (Fsp3) is 0. The van der Waals surface area contributed by atoms with E-state index in [-0.39, 0.29) is 17.2 Å². The number of phenolic OH excluding ortho intramolecular Hbond substituents is 3. The minimum atomic E-state index is 0.0235. The van der Waals surface area contributed by atoms with Crippen LogP contribution in [-0.4, -0.2) is 15.3 Å². The van der Waals surface area contributed by atoms with Crippen molar-refractivity contribution in [1.82, 2.24) is 14.6 Å². The number of hydrogen-bond acceptors (Lipinski definition) is 6. The average molecular weight is 369 g/mol. The van der Waals surface area contributed by atoms with Gasteiger partial charge in [-0.25, -0.2) is 0 Å². The van der Waals surface area contributed by atoms with Crippen molar-refractivity contribution in [3.63, 3.8) is 0 Å². The minimum absolute atomic E-state index is 0.0235. The molecular formula is C14H18N3O3P3. The zero-order valence-electron chi connectivity index (χ0n) is 12.0. The Morgan fingerprint density at radius 3 is 1.57 bits per heavy atom. The second kappa shape index (κ2) is 9.79. The second-order valence-electron chi connectivity index (χ2n) is 4.46. The lowest BCUT2D eigenvalue weighted by atomic mass is 10.1. The van der Waals surface area contributed by atoms with Crippen molar-refractivity contribution in [3.05, 3.63) is 53.6 Å². The van der Waals surface area contributed by atoms with Crippen LogP contribution < -0.4 is 14.6 Å². The van der Waals surface area contributed by atoms with E-state index in [2.05, 4.69) is 14.6 Å². The Morgan fingerprint density at radius 1 is 0.609 bits per heavy atom. The van der Waals surface area contributed by atoms with E-state index in [9.17, 15) is 10.2 Å². The van der Waals surface area contributed by atoms with Crippen molar-refractivity contribution in [2.75, 3.05) is 0 Å². The predicted molar refractivity (Wildman–Crippen MR) is 101 cm³/mol. The molecule has 1 fully saturated rings. The van der Waals surface area contributed by atoms with Gasteiger partial charge < -0.3 is 15.3 Å². The van der Waals surface area contributed by atoms with Crippen LogP contribution in [0.3, 0.4) is 0 Å². The smallest absolute Gasteiger partial charge is 0.119 e. The maximum atomic E-state index is 9.30. The van der Waals surface area contributed by atoms with E-state index < -0.39 is 0 Å². The molecule has 122 valence electrons. The SMILES string of the molecule is N1PNPNP1.Oc1ccc(C=Cc2cc(O)cc(O)c2)cc1. The quantitative estimate of drug-likeness (QED) is 0.359. The van der Waals surface area contributed by atoms with Crippen LogP contribution >= 0.6 is 26.6 Å². The summed E-state index contributed by atoms with van der Waals surface area (Å²) in [5, 5.41) is 27.7. The molecule has 0 saturated carbocycles. The van der Waals surface area contributed by atoms with Crippen molar-refractivity contribution < 1.29 is 15.3 Å². The molecule has 6 nitrogen and oxygen atoms in total. The van der Waals surface area contributed by atoms with E-state index in [0.29, 0.717) is 5.56 Å². The van der Waals surface area contributed by atoms with Gasteiger partial charge in [-0.2, -0.15) is 0 Å². The Kier molecular flexibility index (Phi) is 7.70. The van der Waals surface area contributed by atoms with Gasteiger partial charge in [0.1, 0.15) is 17.2 Å². The van der Waals surface area contributed by atoms with Gasteiger partial charge in [-0.05, 0) is 35.4 Å². The Bertz CT molecular complexity index is 618. The van der Waals surface area contributed by atoms with Crippen LogP contribution in [0.2, 0.25) is 0 Å². The summed E-state index contributed by atoms with van der Waals surface area (Å²) in [5.74, 6) is 0.267. The van der Waals surface area contributed by atoms with E-state index >= 15 is 0 Å². The van der Waals surface area contributed by atoms with Crippen LogP contribution in [0.5, 0.6) is 17.2 Å². The van der Waals surface area contributed by atoms with Crippen LogP contribution in [0.15, 0.2) is 42.5 Å². The topological polar surface area (TPSA) is 96.8 Å². The molecule has 6 N–H and O–H groups in total. The maximum absolute atomic E-state index is 9.30. The highest BCUT2D eigenvalue weighted by Crippen LogP contribution is 2.23. The zero-order valence-corrected chi connectivity index (χ0v) is 15.0. The maximum Gasteiger partial charge on any atom is 0.119 e. The molecule has 0 radical (unpaired) electrons. The number of nitrogens with one attached hydrogen (secondary N) is 3. The first-order valence-corrected chi connectivity index (χ1v) is 9.63. The Morgan fingerprint density at radius 2 is 1.09 bits per heavy atom. The first kappa shape index (κ1) is 18.1.